The number of carbonyl (C=O) groups is 22. The minimum absolute atomic E-state index is 0.0202. The lowest BCUT2D eigenvalue weighted by molar-refractivity contribution is -0.141. The van der Waals surface area contributed by atoms with Crippen LogP contribution in [0.3, 0.4) is 0 Å². The third-order valence-electron chi connectivity index (χ3n) is 12.5. The van der Waals surface area contributed by atoms with Crippen LogP contribution >= 0.6 is 35.3 Å². The van der Waals surface area contributed by atoms with Crippen molar-refractivity contribution in [2.45, 2.75) is 226 Å². The van der Waals surface area contributed by atoms with Gasteiger partial charge >= 0.3 is 59.7 Å². The van der Waals surface area contributed by atoms with Crippen LogP contribution in [0.1, 0.15) is 166 Å². The molecule has 0 radical (unpaired) electrons. The molecule has 0 aromatic heterocycles. The summed E-state index contributed by atoms with van der Waals surface area (Å²) in [6.45, 7) is 15.4. The first-order chi connectivity index (χ1) is 55.2. The molecule has 0 aromatic rings. The number of ketones is 12. The third-order valence-corrected chi connectivity index (χ3v) is 16.0. The van der Waals surface area contributed by atoms with Gasteiger partial charge in [-0.3, -0.25) is 101 Å². The van der Waals surface area contributed by atoms with Crippen molar-refractivity contribution in [2.75, 3.05) is 87.2 Å². The summed E-state index contributed by atoms with van der Waals surface area (Å²) in [6.07, 6.45) is 3.94. The number of nitrogens with one attached hydrogen (secondary N) is 1. The Bertz CT molecular complexity index is 2890. The zero-order chi connectivity index (χ0) is 95.9. The summed E-state index contributed by atoms with van der Waals surface area (Å²) < 4.78 is 14.4. The van der Waals surface area contributed by atoms with Crippen molar-refractivity contribution in [1.29, 1.82) is 0 Å². The Kier molecular flexibility index (Phi) is 95.2. The van der Waals surface area contributed by atoms with Crippen LogP contribution < -0.4 is 62.7 Å². The molecule has 0 heterocycles. The van der Waals surface area contributed by atoms with E-state index in [0.717, 1.165) is 12.2 Å². The molecule has 10 atom stereocenters. The summed E-state index contributed by atoms with van der Waals surface area (Å²) >= 11 is 4.17. The molecule has 0 aliphatic carbocycles. The van der Waals surface area contributed by atoms with Gasteiger partial charge in [-0.2, -0.15) is 35.3 Å². The molecule has 0 aliphatic rings. The SMILES string of the molecule is CC(=O)CC(=O)CC(N)C(=O)O.CC(=O)CC(=O)CCC(N)C(=O)O.CC(=O)CCCC(N)C(=O)O.CC(=O)CNCCC(N)C(=O)O.CC(=O)COCC(N)C(=O)O.CC(=O)COCCC(N)C(=O)O.CC(=O)COCCCC(N)C(=O)O.CC(=O)CSCC(N)C(=O)O.CC(=O)CSCCC(N)C(=O)O.CC(=O)CSCCCC(N)C(=O)O. The van der Waals surface area contributed by atoms with Gasteiger partial charge in [0.2, 0.25) is 0 Å². The average Bonchev–Trinajstić information content (AvgIpc) is 0.970. The van der Waals surface area contributed by atoms with Crippen LogP contribution in [0.5, 0.6) is 0 Å². The Morgan fingerprint density at radius 3 is 0.975 bits per heavy atom. The molecule has 0 aromatic carbocycles. The number of Topliss-reactive ketones (excluding diaryl/α,β-unsaturated/α-hetero) is 12. The van der Waals surface area contributed by atoms with Crippen LogP contribution in [-0.4, -0.2) is 328 Å². The van der Waals surface area contributed by atoms with E-state index >= 15 is 0 Å². The predicted octanol–water partition coefficient (Wildman–Crippen LogP) is -3.30. The highest BCUT2D eigenvalue weighted by Gasteiger charge is 2.20. The molecule has 0 fully saturated rings. The molecule has 0 spiro atoms. The van der Waals surface area contributed by atoms with Gasteiger partial charge in [-0.05, 0) is 151 Å². The number of nitrogens with two attached hydrogens (primary N) is 10. The van der Waals surface area contributed by atoms with Crippen LogP contribution in [0.2, 0.25) is 0 Å². The lowest BCUT2D eigenvalue weighted by Crippen LogP contribution is -2.35. The number of carbonyl (C=O) groups excluding carboxylic acids is 12. The normalized spacial score (nSPS) is 12.4. The second kappa shape index (κ2) is 86.6. The minimum atomic E-state index is -1.23. The van der Waals surface area contributed by atoms with E-state index in [2.05, 4.69) is 10.1 Å². The van der Waals surface area contributed by atoms with Crippen LogP contribution in [-0.2, 0) is 120 Å². The highest BCUT2D eigenvalue weighted by molar-refractivity contribution is 8.00. The van der Waals surface area contributed by atoms with Gasteiger partial charge in [0, 0.05) is 38.2 Å². The number of rotatable bonds is 58. The molecule has 0 saturated carbocycles. The van der Waals surface area contributed by atoms with E-state index in [0.29, 0.717) is 87.5 Å². The molecule has 0 amide bonds. The first-order valence-electron chi connectivity index (χ1n) is 36.2. The van der Waals surface area contributed by atoms with E-state index in [9.17, 15) is 105 Å². The standard InChI is InChI=1S/C8H13NO4.C8H15NO4.C8H15NO3S.C7H14N2O3.C7H11NO4.C7H13NO4.C7H13NO3S.C7H13NO3.C6H11NO4.C6H11NO3S/c1-5(10)4-6(11)2-3-7(9)8(12)13;2*1-6(10)5-13-4-2-3-7(9)8(11)12;1-5(10)4-9-3-2-6(8)7(11)12;1-4(9)2-5(10)3-6(8)7(11)12;2*1-5(9)4-12-3-2-6(8)7(10)11;1-5(9)3-2-4-6(8)7(10)11;2*1-4(8)2-11-3-5(7)6(9)10/h7H,2-4,9H2,1H3,(H,12,13);2*7H,2-5,9H2,1H3,(H,11,12);6,9H,2-4,8H2,1H3,(H,11,12);6H,2-3,8H2,1H3,(H,11,12);2*6H,2-4,8H2,1H3,(H,10,11);6H,2-4,8H2,1H3,(H,10,11);2*5H,2-3,7H2,1H3,(H,9,10). The topological polar surface area (TPSA) is 878 Å². The van der Waals surface area contributed by atoms with Gasteiger partial charge in [0.15, 0.2) is 17.3 Å². The summed E-state index contributed by atoms with van der Waals surface area (Å²) in [4.78, 5) is 228. The van der Waals surface area contributed by atoms with Crippen molar-refractivity contribution in [3.63, 3.8) is 0 Å². The number of aliphatic carboxylic acids is 10. The molecule has 10 unspecified atom stereocenters. The minimum Gasteiger partial charge on any atom is -0.480 e. The zero-order valence-corrected chi connectivity index (χ0v) is 71.9. The van der Waals surface area contributed by atoms with Gasteiger partial charge in [0.25, 0.3) is 0 Å². The average molecular weight is 1790 g/mol. The van der Waals surface area contributed by atoms with Crippen LogP contribution in [0.4, 0.5) is 0 Å². The molecule has 696 valence electrons. The summed E-state index contributed by atoms with van der Waals surface area (Å²) in [5.41, 5.74) is 51.8. The Hall–Kier alpha value is -8.77. The molecule has 0 rings (SSSR count). The van der Waals surface area contributed by atoms with Gasteiger partial charge in [-0.25, -0.2) is 0 Å². The lowest BCUT2D eigenvalue weighted by atomic mass is 10.1. The predicted molar refractivity (Wildman–Crippen MR) is 439 cm³/mol. The largest absolute Gasteiger partial charge is 0.480 e. The van der Waals surface area contributed by atoms with E-state index in [1.807, 2.05) is 0 Å². The van der Waals surface area contributed by atoms with E-state index in [-0.39, 0.29) is 147 Å². The third kappa shape index (κ3) is 120. The van der Waals surface area contributed by atoms with Gasteiger partial charge in [0.05, 0.1) is 43.3 Å². The van der Waals surface area contributed by atoms with E-state index in [1.165, 1.54) is 105 Å². The highest BCUT2D eigenvalue weighted by atomic mass is 32.2. The zero-order valence-electron chi connectivity index (χ0n) is 69.5. The summed E-state index contributed by atoms with van der Waals surface area (Å²) in [5.74, 6) is -8.66. The fourth-order valence-corrected chi connectivity index (χ4v) is 8.68. The van der Waals surface area contributed by atoms with Crippen molar-refractivity contribution in [2.24, 2.45) is 57.3 Å². The van der Waals surface area contributed by atoms with Crippen molar-refractivity contribution in [1.82, 2.24) is 5.32 Å². The Labute approximate surface area is 707 Å². The lowest BCUT2D eigenvalue weighted by Gasteiger charge is -2.05. The molecule has 31 N–H and O–H groups in total. The van der Waals surface area contributed by atoms with Gasteiger partial charge in [-0.1, -0.05) is 0 Å². The summed E-state index contributed by atoms with van der Waals surface area (Å²) in [5, 5.41) is 86.3. The molecular weight excluding hydrogens is 1660 g/mol. The number of ether oxygens (including phenoxy) is 3. The summed E-state index contributed by atoms with van der Waals surface area (Å²) in [7, 11) is 0. The molecule has 46 nitrogen and oxygen atoms in total. The molecular formula is C71H129N11O35S3. The Balaban J connectivity index is -0.000000140. The van der Waals surface area contributed by atoms with Gasteiger partial charge < -0.3 is 133 Å². The van der Waals surface area contributed by atoms with Crippen molar-refractivity contribution < 1.29 is 171 Å². The second-order valence-corrected chi connectivity index (χ2v) is 28.8. The molecule has 49 heteroatoms. The Morgan fingerprint density at radius 2 is 0.608 bits per heavy atom. The highest BCUT2D eigenvalue weighted by Crippen LogP contribution is 2.08. The van der Waals surface area contributed by atoms with Crippen molar-refractivity contribution in [3.05, 3.63) is 0 Å². The maximum atomic E-state index is 10.9. The van der Waals surface area contributed by atoms with Crippen molar-refractivity contribution >= 4 is 164 Å². The van der Waals surface area contributed by atoms with E-state index in [4.69, 9.17) is 118 Å². The summed E-state index contributed by atoms with van der Waals surface area (Å²) in [6, 6.07) is -9.10. The number of carboxylic acids is 10. The second-order valence-electron chi connectivity index (χ2n) is 25.6. The smallest absolute Gasteiger partial charge is 0.322 e. The van der Waals surface area contributed by atoms with Crippen LogP contribution in [0.15, 0.2) is 0 Å². The fraction of sp³-hybridized carbons (Fsp3) is 0.690. The quantitative estimate of drug-likeness (QED) is 0.0210. The van der Waals surface area contributed by atoms with Crippen molar-refractivity contribution in [3.8, 4) is 0 Å². The number of hydrogen-bond acceptors (Lipinski definition) is 39. The number of carboxylic acid groups (broad SMARTS) is 10. The number of thioether (sulfide) groups is 3. The van der Waals surface area contributed by atoms with Crippen LogP contribution in [0, 0.1) is 0 Å². The van der Waals surface area contributed by atoms with Gasteiger partial charge in [0.1, 0.15) is 132 Å². The van der Waals surface area contributed by atoms with E-state index in [1.54, 1.807) is 0 Å². The van der Waals surface area contributed by atoms with E-state index < -0.39 is 126 Å². The molecule has 0 bridgehead atoms. The van der Waals surface area contributed by atoms with Crippen LogP contribution in [0.25, 0.3) is 0 Å². The Morgan fingerprint density at radius 1 is 0.283 bits per heavy atom. The monoisotopic (exact) mass is 1790 g/mol. The first-order valence-corrected chi connectivity index (χ1v) is 39.6. The molecule has 120 heavy (non-hydrogen) atoms. The number of hydrogen-bond donors (Lipinski definition) is 21. The maximum absolute atomic E-state index is 10.9. The molecule has 0 saturated heterocycles. The fourth-order valence-electron chi connectivity index (χ4n) is 6.22. The maximum Gasteiger partial charge on any atom is 0.322 e. The van der Waals surface area contributed by atoms with Gasteiger partial charge in [-0.15, -0.1) is 0 Å². The first kappa shape index (κ1) is 132. The molecule has 0 aliphatic heterocycles.